The number of nitrogens with one attached hydrogen (secondary N) is 2. The van der Waals surface area contributed by atoms with E-state index in [1.165, 1.54) is 0 Å². The molecule has 0 spiro atoms. The SMILES string of the molecule is Cc1ccc(NC(=O)CNC(=O)CN)nc1. The fraction of sp³-hybridized carbons (Fsp3) is 0.300. The first kappa shape index (κ1) is 12.1. The molecule has 0 saturated carbocycles. The normalized spacial score (nSPS) is 9.62. The van der Waals surface area contributed by atoms with Crippen LogP contribution in [-0.2, 0) is 9.59 Å². The number of aryl methyl sites for hydroxylation is 1. The molecule has 0 aliphatic heterocycles. The molecule has 6 heteroatoms. The van der Waals surface area contributed by atoms with E-state index < -0.39 is 0 Å². The lowest BCUT2D eigenvalue weighted by Gasteiger charge is -2.05. The summed E-state index contributed by atoms with van der Waals surface area (Å²) >= 11 is 0. The fourth-order valence-corrected chi connectivity index (χ4v) is 0.980. The van der Waals surface area contributed by atoms with Gasteiger partial charge in [0.1, 0.15) is 5.82 Å². The summed E-state index contributed by atoms with van der Waals surface area (Å²) in [5, 5.41) is 4.90. The Kier molecular flexibility index (Phi) is 4.41. The zero-order valence-electron chi connectivity index (χ0n) is 8.99. The number of hydrogen-bond acceptors (Lipinski definition) is 4. The largest absolute Gasteiger partial charge is 0.346 e. The summed E-state index contributed by atoms with van der Waals surface area (Å²) in [6.07, 6.45) is 1.65. The summed E-state index contributed by atoms with van der Waals surface area (Å²) in [5.41, 5.74) is 6.08. The molecule has 0 aromatic carbocycles. The lowest BCUT2D eigenvalue weighted by Crippen LogP contribution is -2.36. The number of rotatable bonds is 4. The molecule has 0 unspecified atom stereocenters. The maximum atomic E-state index is 11.3. The molecule has 0 bridgehead atoms. The number of aromatic nitrogens is 1. The van der Waals surface area contributed by atoms with E-state index >= 15 is 0 Å². The molecule has 0 saturated heterocycles. The van der Waals surface area contributed by atoms with E-state index in [0.717, 1.165) is 5.56 Å². The van der Waals surface area contributed by atoms with Crippen molar-refractivity contribution in [2.75, 3.05) is 18.4 Å². The van der Waals surface area contributed by atoms with Gasteiger partial charge in [0.25, 0.3) is 0 Å². The van der Waals surface area contributed by atoms with Gasteiger partial charge in [0, 0.05) is 6.20 Å². The standard InChI is InChI=1S/C10H14N4O2/c1-7-2-3-8(12-5-7)14-10(16)6-13-9(15)4-11/h2-3,5H,4,6,11H2,1H3,(H,13,15)(H,12,14,16). The molecular weight excluding hydrogens is 208 g/mol. The molecule has 2 amide bonds. The molecule has 1 rings (SSSR count). The van der Waals surface area contributed by atoms with Crippen LogP contribution >= 0.6 is 0 Å². The molecular formula is C10H14N4O2. The van der Waals surface area contributed by atoms with Gasteiger partial charge in [-0.1, -0.05) is 6.07 Å². The maximum absolute atomic E-state index is 11.3. The molecule has 1 aromatic heterocycles. The zero-order chi connectivity index (χ0) is 12.0. The Bertz CT molecular complexity index is 375. The first-order chi connectivity index (χ1) is 7.61. The van der Waals surface area contributed by atoms with Crippen LogP contribution in [0.1, 0.15) is 5.56 Å². The lowest BCUT2D eigenvalue weighted by molar-refractivity contribution is -0.123. The predicted molar refractivity (Wildman–Crippen MR) is 59.7 cm³/mol. The molecule has 0 aliphatic carbocycles. The van der Waals surface area contributed by atoms with Gasteiger partial charge >= 0.3 is 0 Å². The Labute approximate surface area is 93.2 Å². The minimum absolute atomic E-state index is 0.106. The molecule has 0 fully saturated rings. The minimum atomic E-state index is -0.369. The summed E-state index contributed by atoms with van der Waals surface area (Å²) in [6, 6.07) is 3.53. The second-order valence-corrected chi connectivity index (χ2v) is 3.25. The van der Waals surface area contributed by atoms with Gasteiger partial charge < -0.3 is 16.4 Å². The molecule has 1 heterocycles. The Morgan fingerprint density at radius 3 is 2.69 bits per heavy atom. The summed E-state index contributed by atoms with van der Waals surface area (Å²) in [4.78, 5) is 26.1. The number of carbonyl (C=O) groups excluding carboxylic acids is 2. The van der Waals surface area contributed by atoms with E-state index in [9.17, 15) is 9.59 Å². The fourth-order valence-electron chi connectivity index (χ4n) is 0.980. The summed E-state index contributed by atoms with van der Waals surface area (Å²) in [7, 11) is 0. The van der Waals surface area contributed by atoms with Crippen LogP contribution in [0.5, 0.6) is 0 Å². The first-order valence-corrected chi connectivity index (χ1v) is 4.81. The number of carbonyl (C=O) groups is 2. The summed E-state index contributed by atoms with van der Waals surface area (Å²) < 4.78 is 0. The highest BCUT2D eigenvalue weighted by atomic mass is 16.2. The van der Waals surface area contributed by atoms with E-state index in [2.05, 4.69) is 15.6 Å². The van der Waals surface area contributed by atoms with Crippen molar-refractivity contribution in [1.82, 2.24) is 10.3 Å². The maximum Gasteiger partial charge on any atom is 0.244 e. The number of hydrogen-bond donors (Lipinski definition) is 3. The molecule has 4 N–H and O–H groups in total. The van der Waals surface area contributed by atoms with E-state index in [0.29, 0.717) is 5.82 Å². The molecule has 16 heavy (non-hydrogen) atoms. The molecule has 6 nitrogen and oxygen atoms in total. The van der Waals surface area contributed by atoms with Crippen LogP contribution in [0, 0.1) is 6.92 Å². The topological polar surface area (TPSA) is 97.1 Å². The lowest BCUT2D eigenvalue weighted by atomic mass is 10.3. The third-order valence-electron chi connectivity index (χ3n) is 1.81. The molecule has 0 radical (unpaired) electrons. The average Bonchev–Trinajstić information content (AvgIpc) is 2.29. The molecule has 1 aromatic rings. The Morgan fingerprint density at radius 1 is 1.38 bits per heavy atom. The van der Waals surface area contributed by atoms with Crippen LogP contribution in [0.2, 0.25) is 0 Å². The highest BCUT2D eigenvalue weighted by Crippen LogP contribution is 2.02. The van der Waals surface area contributed by atoms with Gasteiger partial charge in [-0.25, -0.2) is 4.98 Å². The van der Waals surface area contributed by atoms with E-state index in [1.807, 2.05) is 13.0 Å². The van der Waals surface area contributed by atoms with Crippen molar-refractivity contribution in [2.24, 2.45) is 5.73 Å². The van der Waals surface area contributed by atoms with Crippen molar-refractivity contribution in [2.45, 2.75) is 6.92 Å². The van der Waals surface area contributed by atoms with Gasteiger partial charge in [0.05, 0.1) is 13.1 Å². The third kappa shape index (κ3) is 4.05. The monoisotopic (exact) mass is 222 g/mol. The van der Waals surface area contributed by atoms with Crippen LogP contribution in [0.25, 0.3) is 0 Å². The van der Waals surface area contributed by atoms with Crippen molar-refractivity contribution in [3.63, 3.8) is 0 Å². The number of nitrogens with zero attached hydrogens (tertiary/aromatic N) is 1. The summed E-state index contributed by atoms with van der Waals surface area (Å²) in [5.74, 6) is -0.247. The van der Waals surface area contributed by atoms with Crippen LogP contribution in [0.15, 0.2) is 18.3 Å². The van der Waals surface area contributed by atoms with Crippen LogP contribution in [0.4, 0.5) is 5.82 Å². The van der Waals surface area contributed by atoms with E-state index in [4.69, 9.17) is 5.73 Å². The van der Waals surface area contributed by atoms with Crippen molar-refractivity contribution < 1.29 is 9.59 Å². The molecule has 0 atom stereocenters. The second kappa shape index (κ2) is 5.82. The summed E-state index contributed by atoms with van der Waals surface area (Å²) in [6.45, 7) is 1.67. The predicted octanol–water partition coefficient (Wildman–Crippen LogP) is -0.597. The van der Waals surface area contributed by atoms with Gasteiger partial charge in [-0.2, -0.15) is 0 Å². The van der Waals surface area contributed by atoms with Gasteiger partial charge in [-0.3, -0.25) is 9.59 Å². The van der Waals surface area contributed by atoms with Crippen LogP contribution < -0.4 is 16.4 Å². The quantitative estimate of drug-likeness (QED) is 0.634. The zero-order valence-corrected chi connectivity index (χ0v) is 8.99. The third-order valence-corrected chi connectivity index (χ3v) is 1.81. The van der Waals surface area contributed by atoms with Crippen molar-refractivity contribution >= 4 is 17.6 Å². The van der Waals surface area contributed by atoms with Gasteiger partial charge in [-0.05, 0) is 18.6 Å². The average molecular weight is 222 g/mol. The number of pyridine rings is 1. The van der Waals surface area contributed by atoms with E-state index in [1.54, 1.807) is 12.3 Å². The minimum Gasteiger partial charge on any atom is -0.346 e. The van der Waals surface area contributed by atoms with E-state index in [-0.39, 0.29) is 24.9 Å². The van der Waals surface area contributed by atoms with Gasteiger partial charge in [-0.15, -0.1) is 0 Å². The van der Waals surface area contributed by atoms with Crippen molar-refractivity contribution in [3.05, 3.63) is 23.9 Å². The van der Waals surface area contributed by atoms with Crippen molar-refractivity contribution in [1.29, 1.82) is 0 Å². The number of amides is 2. The number of nitrogens with two attached hydrogens (primary N) is 1. The Balaban J connectivity index is 2.40. The molecule has 86 valence electrons. The molecule has 0 aliphatic rings. The second-order valence-electron chi connectivity index (χ2n) is 3.25. The Morgan fingerprint density at radius 2 is 2.12 bits per heavy atom. The highest BCUT2D eigenvalue weighted by Gasteiger charge is 2.04. The Hall–Kier alpha value is -1.95. The number of anilines is 1. The van der Waals surface area contributed by atoms with Crippen LogP contribution in [-0.4, -0.2) is 29.9 Å². The van der Waals surface area contributed by atoms with Gasteiger partial charge in [0.2, 0.25) is 11.8 Å². The van der Waals surface area contributed by atoms with Crippen molar-refractivity contribution in [3.8, 4) is 0 Å². The highest BCUT2D eigenvalue weighted by molar-refractivity contribution is 5.93. The first-order valence-electron chi connectivity index (χ1n) is 4.81. The smallest absolute Gasteiger partial charge is 0.244 e. The van der Waals surface area contributed by atoms with Gasteiger partial charge in [0.15, 0.2) is 0 Å². The van der Waals surface area contributed by atoms with Crippen LogP contribution in [0.3, 0.4) is 0 Å².